The minimum atomic E-state index is -5.79. The van der Waals surface area contributed by atoms with Crippen molar-refractivity contribution >= 4 is 109 Å². The number of rotatable bonds is 15. The van der Waals surface area contributed by atoms with Crippen LogP contribution in [-0.4, -0.2) is 127 Å². The van der Waals surface area contributed by atoms with Crippen molar-refractivity contribution in [3.05, 3.63) is 415 Å². The second-order valence-electron chi connectivity index (χ2n) is 31.6. The number of fused-ring (bicyclic) bond motifs is 6. The summed E-state index contributed by atoms with van der Waals surface area (Å²) >= 11 is 0. The lowest BCUT2D eigenvalue weighted by molar-refractivity contribution is -0.0500. The minimum absolute atomic E-state index is 0. The van der Waals surface area contributed by atoms with E-state index >= 15 is 0 Å². The van der Waals surface area contributed by atoms with Gasteiger partial charge < -0.3 is 34.6 Å². The Bertz CT molecular complexity index is 7580. The van der Waals surface area contributed by atoms with E-state index in [1.807, 2.05) is 185 Å². The number of hydrogen-bond acceptors (Lipinski definition) is 17. The first-order valence-corrected chi connectivity index (χ1v) is 45.3. The van der Waals surface area contributed by atoms with Gasteiger partial charge in [-0.1, -0.05) is 291 Å². The molecule has 683 valence electrons. The molecule has 19 aromatic rings. The van der Waals surface area contributed by atoms with Crippen LogP contribution in [0, 0.1) is 11.3 Å². The van der Waals surface area contributed by atoms with Crippen molar-refractivity contribution in [3.63, 3.8) is 0 Å². The van der Waals surface area contributed by atoms with Crippen molar-refractivity contribution in [1.82, 2.24) is 49.3 Å². The third kappa shape index (κ3) is 24.7. The van der Waals surface area contributed by atoms with Gasteiger partial charge in [-0.05, 0) is 134 Å². The molecule has 0 aliphatic carbocycles. The Balaban J connectivity index is 0.000000143. The number of benzene rings is 13. The molecular weight excluding hydrogens is 1750 g/mol. The molecule has 21 rings (SSSR count). The molecule has 6 N–H and O–H groups in total. The van der Waals surface area contributed by atoms with E-state index in [1.165, 1.54) is 48.4 Å². The quantitative estimate of drug-likeness (QED) is 0.0183. The fraction of sp³-hybridized carbons (Fsp3) is 0.118. The number of aromatic nitrogens is 8. The fourth-order valence-corrected chi connectivity index (χ4v) is 16.6. The zero-order valence-electron chi connectivity index (χ0n) is 74.7. The second-order valence-corrected chi connectivity index (χ2v) is 33.2. The number of nitrogens with one attached hydrogen (secondary N) is 3. The molecule has 0 spiro atoms. The molecule has 21 nitrogen and oxygen atoms in total. The Morgan fingerprint density at radius 3 is 1.20 bits per heavy atom. The third-order valence-electron chi connectivity index (χ3n) is 22.8. The molecule has 2 saturated heterocycles. The highest BCUT2D eigenvalue weighted by Gasteiger charge is 2.49. The van der Waals surface area contributed by atoms with Crippen molar-refractivity contribution in [2.75, 3.05) is 26.2 Å². The summed E-state index contributed by atoms with van der Waals surface area (Å²) in [6, 6.07) is 118. The number of alkyl halides is 3. The Morgan fingerprint density at radius 2 is 0.788 bits per heavy atom. The number of nitriles is 1. The fourth-order valence-electron chi connectivity index (χ4n) is 16.2. The van der Waals surface area contributed by atoms with Crippen LogP contribution in [0.15, 0.2) is 387 Å². The van der Waals surface area contributed by atoms with Crippen LogP contribution in [0.1, 0.15) is 71.0 Å². The number of aldehydes is 2. The van der Waals surface area contributed by atoms with E-state index in [9.17, 15) is 45.9 Å². The van der Waals surface area contributed by atoms with Crippen molar-refractivity contribution in [2.45, 2.75) is 56.7 Å². The van der Waals surface area contributed by atoms with Crippen molar-refractivity contribution < 1.29 is 50.5 Å². The first-order valence-electron chi connectivity index (χ1n) is 43.9. The zero-order valence-corrected chi connectivity index (χ0v) is 75.5. The summed E-state index contributed by atoms with van der Waals surface area (Å²) in [6.45, 7) is 12.3. The van der Waals surface area contributed by atoms with E-state index in [-0.39, 0.29) is 37.3 Å². The number of para-hydroxylation sites is 8. The summed E-state index contributed by atoms with van der Waals surface area (Å²) < 4.78 is 68.9. The van der Waals surface area contributed by atoms with Gasteiger partial charge in [-0.25, -0.2) is 29.5 Å². The molecule has 137 heavy (non-hydrogen) atoms. The third-order valence-corrected chi connectivity index (χ3v) is 23.7. The number of aromatic amines is 2. The summed E-state index contributed by atoms with van der Waals surface area (Å²) in [5.41, 5.74) is 15.3. The molecule has 3 radical (unpaired) electrons. The predicted molar refractivity (Wildman–Crippen MR) is 542 cm³/mol. The molecule has 2 fully saturated rings. The Kier molecular flexibility index (Phi) is 33.8. The summed E-state index contributed by atoms with van der Waals surface area (Å²) in [5, 5.41) is 41.6. The SMILES string of the molecule is C=C.CC#N.O=Cc1ccc(-c2cc3ccccc3nc2-c2ccccc2)cc1.O=Cc1ccc(B(O)O)cc1.O=S(=O)(Oc1cc2ccccc2nc1-c1ccccc1)C(F)(F)F.O=c1[nH]c2ccccc2n1C1CCN(Cc2ccc(-c3cc4ccccc4nc3-c3ccccc3)cc2)CC1.O=c1[nH]c2ccccc2n1C1CCNCC1.Oc1cc2ccccc2nc1-c1ccccc1.[B]. The topological polar surface area (TPSA) is 304 Å². The molecule has 27 heteroatoms. The predicted octanol–water partition coefficient (Wildman–Crippen LogP) is 21.6. The first-order chi connectivity index (χ1) is 66.2. The number of piperidine rings is 2. The lowest BCUT2D eigenvalue weighted by Gasteiger charge is -2.32. The van der Waals surface area contributed by atoms with Gasteiger partial charge in [0.15, 0.2) is 5.75 Å². The van der Waals surface area contributed by atoms with E-state index in [4.69, 9.17) is 25.3 Å². The number of H-pyrrole nitrogens is 2. The monoisotopic (exact) mass is 1840 g/mol. The van der Waals surface area contributed by atoms with E-state index in [0.717, 1.165) is 164 Å². The van der Waals surface area contributed by atoms with Crippen LogP contribution < -0.4 is 26.3 Å². The summed E-state index contributed by atoms with van der Waals surface area (Å²) in [4.78, 5) is 72.7. The zero-order chi connectivity index (χ0) is 95.5. The number of pyridine rings is 4. The summed E-state index contributed by atoms with van der Waals surface area (Å²) in [7, 11) is -7.25. The van der Waals surface area contributed by atoms with Gasteiger partial charge in [-0.3, -0.25) is 23.6 Å². The molecule has 8 heterocycles. The minimum Gasteiger partial charge on any atom is -0.506 e. The molecule has 0 saturated carbocycles. The number of aromatic hydroxyl groups is 1. The van der Waals surface area contributed by atoms with Crippen molar-refractivity contribution in [1.29, 1.82) is 5.26 Å². The number of nitrogens with zero attached hydrogens (tertiary/aromatic N) is 8. The van der Waals surface area contributed by atoms with Gasteiger partial charge >= 0.3 is 34.1 Å². The molecule has 0 amide bonds. The van der Waals surface area contributed by atoms with Gasteiger partial charge in [0.2, 0.25) is 0 Å². The van der Waals surface area contributed by atoms with Gasteiger partial charge in [-0.2, -0.15) is 26.9 Å². The van der Waals surface area contributed by atoms with Gasteiger partial charge in [0.25, 0.3) is 0 Å². The molecule has 6 aromatic heterocycles. The summed E-state index contributed by atoms with van der Waals surface area (Å²) in [6.07, 6.45) is 5.57. The Morgan fingerprint density at radius 1 is 0.453 bits per heavy atom. The molecule has 0 atom stereocenters. The average Bonchev–Trinajstić information content (AvgIpc) is 0.822. The van der Waals surface area contributed by atoms with E-state index in [2.05, 4.69) is 145 Å². The standard InChI is InChI=1S/C34H30N4O.C22H15NO.C16H10F3NO3S.C15H11NO.C12H15N3O.C7H7BO3.C2H3N.C2H4.B/c39-34-36-31-12-6-7-13-32(31)38(34)28-18-20-37(21-19-28)23-24-14-16-25(17-15-24)29-22-27-10-4-5-11-30(27)35-33(29)26-8-2-1-3-9-26;24-15-16-10-12-17(13-11-16)20-14-19-8-4-5-9-21(19)23-22(20)18-6-2-1-3-7-18;17-16(18,19)24(21,22)23-14-10-12-8-4-5-9-13(12)20-15(14)11-6-2-1-3-7-11;17-14-10-12-8-4-5-9-13(12)16-15(14)11-6-2-1-3-7-11;16-12-14-10-3-1-2-4-11(10)15(12)9-5-7-13-8-6-9;9-5-6-1-3-7(4-2-6)8(10)11;1-2-3;1-2;/h1-17,22,28H,18-21,23H2,(H,36,39);1-15H;1-10H;1-10,17H;1-4,9,13H,5-8H2,(H,14,16);1-5,10-11H;1H3;1-2H2;. The lowest BCUT2D eigenvalue weighted by Crippen LogP contribution is -2.36. The average molecular weight is 1840 g/mol. The largest absolute Gasteiger partial charge is 0.534 e. The normalized spacial score (nSPS) is 12.5. The Labute approximate surface area is 792 Å². The number of carbonyl (C=O) groups excluding carboxylic acids is 2. The highest BCUT2D eigenvalue weighted by atomic mass is 32.2. The maximum Gasteiger partial charge on any atom is 0.534 e. The highest BCUT2D eigenvalue weighted by molar-refractivity contribution is 7.88. The number of likely N-dealkylation sites (tertiary alicyclic amines) is 1. The van der Waals surface area contributed by atoms with Crippen LogP contribution >= 0.6 is 0 Å². The number of hydrogen-bond donors (Lipinski definition) is 6. The molecule has 2 aliphatic rings. The van der Waals surface area contributed by atoms with Crippen LogP contribution in [0.25, 0.3) is 133 Å². The van der Waals surface area contributed by atoms with Crippen LogP contribution in [-0.2, 0) is 16.7 Å². The number of carbonyl (C=O) groups is 2. The summed E-state index contributed by atoms with van der Waals surface area (Å²) in [5.74, 6) is -0.257. The molecule has 13 aromatic carbocycles. The Hall–Kier alpha value is -16.1. The van der Waals surface area contributed by atoms with Crippen LogP contribution in [0.2, 0.25) is 0 Å². The van der Waals surface area contributed by atoms with Crippen LogP contribution in [0.4, 0.5) is 13.2 Å². The van der Waals surface area contributed by atoms with E-state index in [1.54, 1.807) is 66.7 Å². The van der Waals surface area contributed by atoms with Gasteiger partial charge in [0, 0.05) is 113 Å². The van der Waals surface area contributed by atoms with Gasteiger partial charge in [0.05, 0.1) is 61.6 Å². The van der Waals surface area contributed by atoms with Gasteiger partial charge in [0.1, 0.15) is 29.7 Å². The number of halogens is 3. The van der Waals surface area contributed by atoms with Crippen molar-refractivity contribution in [2.24, 2.45) is 0 Å². The van der Waals surface area contributed by atoms with Crippen molar-refractivity contribution in [3.8, 4) is 84.9 Å². The first kappa shape index (κ1) is 98.4. The lowest BCUT2D eigenvalue weighted by atomic mass is 9.80. The smallest absolute Gasteiger partial charge is 0.506 e. The highest BCUT2D eigenvalue weighted by Crippen LogP contribution is 2.40. The maximum absolute atomic E-state index is 12.6. The molecule has 0 unspecified atom stereocenters. The van der Waals surface area contributed by atoms with Crippen LogP contribution in [0.5, 0.6) is 11.5 Å². The number of imidazole rings is 2. The van der Waals surface area contributed by atoms with E-state index in [0.29, 0.717) is 51.1 Å². The second kappa shape index (κ2) is 47.0. The maximum atomic E-state index is 12.6. The molecule has 2 aliphatic heterocycles. The molecular formula is C110H95B2F3N11O10S. The molecule has 0 bridgehead atoms. The van der Waals surface area contributed by atoms with Crippen LogP contribution in [0.3, 0.4) is 0 Å². The van der Waals surface area contributed by atoms with Gasteiger partial charge in [-0.15, -0.1) is 13.2 Å². The van der Waals surface area contributed by atoms with E-state index < -0.39 is 28.5 Å².